The zero-order chi connectivity index (χ0) is 19.6. The molecule has 27 heavy (non-hydrogen) atoms. The maximum Gasteiger partial charge on any atom is 0.328 e. The van der Waals surface area contributed by atoms with Gasteiger partial charge in [-0.1, -0.05) is 0 Å². The Kier molecular flexibility index (Phi) is 5.15. The molecular weight excluding hydrogens is 350 g/mol. The molecule has 0 saturated heterocycles. The smallest absolute Gasteiger partial charge is 0.328 e. The molecular formula is C17H23N7O3. The summed E-state index contributed by atoms with van der Waals surface area (Å²) in [6.45, 7) is 3.20. The molecule has 0 fully saturated rings. The van der Waals surface area contributed by atoms with Gasteiger partial charge in [-0.15, -0.1) is 10.2 Å². The quantitative estimate of drug-likeness (QED) is 0.666. The van der Waals surface area contributed by atoms with Crippen LogP contribution in [0.1, 0.15) is 12.7 Å². The summed E-state index contributed by atoms with van der Waals surface area (Å²) >= 11 is 0. The number of nitrogens with one attached hydrogen (secondary N) is 2. The third-order valence-corrected chi connectivity index (χ3v) is 4.51. The monoisotopic (exact) mass is 373 g/mol. The van der Waals surface area contributed by atoms with Crippen LogP contribution in [0.15, 0.2) is 23.3 Å². The molecule has 10 heteroatoms. The standard InChI is InChI=1S/C17H23N7O3/c1-5-24-10-19-21-15(24)6-7-18-16(25)20-11-8-12-13(9-14(11)27-4)23(3)17(26)22(12)2/h8-10H,5-7H2,1-4H3,(H2,18,20,25). The van der Waals surface area contributed by atoms with E-state index in [-0.39, 0.29) is 11.7 Å². The summed E-state index contributed by atoms with van der Waals surface area (Å²) in [5.41, 5.74) is 1.77. The highest BCUT2D eigenvalue weighted by Crippen LogP contribution is 2.29. The maximum absolute atomic E-state index is 12.3. The van der Waals surface area contributed by atoms with Crippen molar-refractivity contribution in [2.45, 2.75) is 19.9 Å². The lowest BCUT2D eigenvalue weighted by atomic mass is 10.2. The molecule has 0 atom stereocenters. The number of aromatic nitrogens is 5. The van der Waals surface area contributed by atoms with Crippen LogP contribution in [-0.2, 0) is 27.1 Å². The van der Waals surface area contributed by atoms with Crippen LogP contribution in [0.4, 0.5) is 10.5 Å². The zero-order valence-corrected chi connectivity index (χ0v) is 15.8. The van der Waals surface area contributed by atoms with Gasteiger partial charge >= 0.3 is 11.7 Å². The Hall–Kier alpha value is -3.30. The van der Waals surface area contributed by atoms with Crippen molar-refractivity contribution >= 4 is 22.8 Å². The minimum absolute atomic E-state index is 0.145. The van der Waals surface area contributed by atoms with Crippen molar-refractivity contribution in [3.63, 3.8) is 0 Å². The number of aryl methyl sites for hydroxylation is 3. The van der Waals surface area contributed by atoms with Gasteiger partial charge in [0.1, 0.15) is 17.9 Å². The predicted octanol–water partition coefficient (Wildman–Crippen LogP) is 0.861. The number of urea groups is 1. The molecule has 0 spiro atoms. The number of methoxy groups -OCH3 is 1. The van der Waals surface area contributed by atoms with E-state index in [1.807, 2.05) is 11.5 Å². The summed E-state index contributed by atoms with van der Waals surface area (Å²) in [6.07, 6.45) is 2.24. The van der Waals surface area contributed by atoms with E-state index in [0.29, 0.717) is 29.9 Å². The summed E-state index contributed by atoms with van der Waals surface area (Å²) in [4.78, 5) is 24.4. The first-order chi connectivity index (χ1) is 13.0. The fourth-order valence-corrected chi connectivity index (χ4v) is 2.98. The molecule has 0 aliphatic carbocycles. The minimum atomic E-state index is -0.365. The van der Waals surface area contributed by atoms with Crippen molar-refractivity contribution in [3.05, 3.63) is 34.8 Å². The fourth-order valence-electron chi connectivity index (χ4n) is 2.98. The molecule has 3 rings (SSSR count). The highest BCUT2D eigenvalue weighted by Gasteiger charge is 2.14. The Labute approximate surface area is 155 Å². The Bertz CT molecular complexity index is 1030. The molecule has 2 N–H and O–H groups in total. The van der Waals surface area contributed by atoms with E-state index in [1.165, 1.54) is 16.2 Å². The number of hydrogen-bond acceptors (Lipinski definition) is 5. The molecule has 0 saturated carbocycles. The van der Waals surface area contributed by atoms with Gasteiger partial charge in [0.25, 0.3) is 0 Å². The van der Waals surface area contributed by atoms with Crippen molar-refractivity contribution < 1.29 is 9.53 Å². The molecule has 0 radical (unpaired) electrons. The molecule has 10 nitrogen and oxygen atoms in total. The van der Waals surface area contributed by atoms with E-state index in [2.05, 4.69) is 20.8 Å². The van der Waals surface area contributed by atoms with Crippen molar-refractivity contribution in [1.82, 2.24) is 29.2 Å². The molecule has 0 bridgehead atoms. The predicted molar refractivity (Wildman–Crippen MR) is 101 cm³/mol. The topological polar surface area (TPSA) is 108 Å². The van der Waals surface area contributed by atoms with E-state index in [4.69, 9.17) is 4.74 Å². The van der Waals surface area contributed by atoms with Gasteiger partial charge in [0, 0.05) is 39.7 Å². The van der Waals surface area contributed by atoms with Crippen molar-refractivity contribution in [2.75, 3.05) is 19.0 Å². The van der Waals surface area contributed by atoms with Crippen LogP contribution in [-0.4, -0.2) is 43.6 Å². The number of amides is 2. The number of hydrogen-bond donors (Lipinski definition) is 2. The Morgan fingerprint density at radius 3 is 2.59 bits per heavy atom. The Morgan fingerprint density at radius 2 is 1.93 bits per heavy atom. The number of fused-ring (bicyclic) bond motifs is 1. The number of rotatable bonds is 6. The molecule has 2 aromatic heterocycles. The summed E-state index contributed by atoms with van der Waals surface area (Å²) < 4.78 is 10.3. The second-order valence-corrected chi connectivity index (χ2v) is 6.11. The fraction of sp³-hybridized carbons (Fsp3) is 0.412. The van der Waals surface area contributed by atoms with Gasteiger partial charge in [-0.2, -0.15) is 0 Å². The first kappa shape index (κ1) is 18.5. The zero-order valence-electron chi connectivity index (χ0n) is 15.8. The number of ether oxygens (including phenoxy) is 1. The van der Waals surface area contributed by atoms with E-state index in [0.717, 1.165) is 17.9 Å². The summed E-state index contributed by atoms with van der Waals surface area (Å²) in [7, 11) is 4.90. The highest BCUT2D eigenvalue weighted by atomic mass is 16.5. The second-order valence-electron chi connectivity index (χ2n) is 6.11. The van der Waals surface area contributed by atoms with Gasteiger partial charge in [0.2, 0.25) is 0 Å². The van der Waals surface area contributed by atoms with E-state index < -0.39 is 0 Å². The third-order valence-electron chi connectivity index (χ3n) is 4.51. The summed E-state index contributed by atoms with van der Waals surface area (Å²) in [5.74, 6) is 1.29. The van der Waals surface area contributed by atoms with Crippen molar-refractivity contribution in [3.8, 4) is 5.75 Å². The van der Waals surface area contributed by atoms with Gasteiger partial charge < -0.3 is 19.9 Å². The number of carbonyl (C=O) groups is 1. The average Bonchev–Trinajstić information content (AvgIpc) is 3.20. The molecule has 2 heterocycles. The number of imidazole rings is 1. The largest absolute Gasteiger partial charge is 0.494 e. The summed E-state index contributed by atoms with van der Waals surface area (Å²) in [6, 6.07) is 3.09. The first-order valence-corrected chi connectivity index (χ1v) is 8.61. The third kappa shape index (κ3) is 3.50. The van der Waals surface area contributed by atoms with Crippen LogP contribution in [0.3, 0.4) is 0 Å². The lowest BCUT2D eigenvalue weighted by molar-refractivity contribution is 0.252. The van der Waals surface area contributed by atoms with Crippen LogP contribution in [0.5, 0.6) is 5.75 Å². The van der Waals surface area contributed by atoms with Gasteiger partial charge in [-0.05, 0) is 13.0 Å². The summed E-state index contributed by atoms with van der Waals surface area (Å²) in [5, 5.41) is 13.5. The lowest BCUT2D eigenvalue weighted by Crippen LogP contribution is -2.31. The normalized spacial score (nSPS) is 11.0. The van der Waals surface area contributed by atoms with E-state index in [9.17, 15) is 9.59 Å². The van der Waals surface area contributed by atoms with Crippen molar-refractivity contribution in [1.29, 1.82) is 0 Å². The maximum atomic E-state index is 12.3. The molecule has 3 aromatic rings. The van der Waals surface area contributed by atoms with Crippen LogP contribution >= 0.6 is 0 Å². The van der Waals surface area contributed by atoms with E-state index >= 15 is 0 Å². The average molecular weight is 373 g/mol. The first-order valence-electron chi connectivity index (χ1n) is 8.61. The van der Waals surface area contributed by atoms with Gasteiger partial charge in [-0.3, -0.25) is 9.13 Å². The molecule has 2 amide bonds. The van der Waals surface area contributed by atoms with Gasteiger partial charge in [0.15, 0.2) is 0 Å². The van der Waals surface area contributed by atoms with Crippen molar-refractivity contribution in [2.24, 2.45) is 14.1 Å². The highest BCUT2D eigenvalue weighted by molar-refractivity contribution is 5.94. The Balaban J connectivity index is 1.72. The molecule has 0 unspecified atom stereocenters. The number of benzene rings is 1. The number of anilines is 1. The number of carbonyl (C=O) groups excluding carboxylic acids is 1. The molecule has 0 aliphatic rings. The SMILES string of the molecule is CCn1cnnc1CCNC(=O)Nc1cc2c(cc1OC)n(C)c(=O)n2C. The Morgan fingerprint density at radius 1 is 1.22 bits per heavy atom. The second kappa shape index (κ2) is 7.52. The van der Waals surface area contributed by atoms with Crippen LogP contribution in [0.2, 0.25) is 0 Å². The van der Waals surface area contributed by atoms with Crippen LogP contribution in [0, 0.1) is 0 Å². The van der Waals surface area contributed by atoms with Crippen LogP contribution < -0.4 is 21.1 Å². The molecule has 0 aliphatic heterocycles. The molecule has 1 aromatic carbocycles. The van der Waals surface area contributed by atoms with E-state index in [1.54, 1.807) is 32.6 Å². The number of nitrogens with zero attached hydrogens (tertiary/aromatic N) is 5. The lowest BCUT2D eigenvalue weighted by Gasteiger charge is -2.12. The van der Waals surface area contributed by atoms with Gasteiger partial charge in [-0.25, -0.2) is 9.59 Å². The molecule has 144 valence electrons. The van der Waals surface area contributed by atoms with Crippen LogP contribution in [0.25, 0.3) is 11.0 Å². The van der Waals surface area contributed by atoms with Gasteiger partial charge in [0.05, 0.1) is 23.8 Å². The minimum Gasteiger partial charge on any atom is -0.494 e.